The lowest BCUT2D eigenvalue weighted by atomic mass is 10.1. The van der Waals surface area contributed by atoms with Gasteiger partial charge in [-0.25, -0.2) is 0 Å². The molecule has 0 aromatic carbocycles. The molecule has 5 heteroatoms. The second-order valence-corrected chi connectivity index (χ2v) is 5.48. The molecule has 1 fully saturated rings. The van der Waals surface area contributed by atoms with Crippen molar-refractivity contribution in [3.63, 3.8) is 0 Å². The van der Waals surface area contributed by atoms with Gasteiger partial charge in [0.15, 0.2) is 6.29 Å². The maximum atomic E-state index is 5.57. The van der Waals surface area contributed by atoms with Crippen LogP contribution < -0.4 is 0 Å². The van der Waals surface area contributed by atoms with E-state index in [1.54, 1.807) is 0 Å². The fraction of sp³-hybridized carbons (Fsp3) is 1.00. The SMILES string of the molecule is CCC(C)COCCOCCOCCOC1CCCCO1. The van der Waals surface area contributed by atoms with Crippen LogP contribution in [-0.4, -0.2) is 59.1 Å². The molecule has 1 saturated heterocycles. The summed E-state index contributed by atoms with van der Waals surface area (Å²) in [6, 6.07) is 0. The lowest BCUT2D eigenvalue weighted by molar-refractivity contribution is -0.169. The van der Waals surface area contributed by atoms with E-state index in [0.29, 0.717) is 45.6 Å². The molecule has 1 aliphatic rings. The Morgan fingerprint density at radius 1 is 0.952 bits per heavy atom. The van der Waals surface area contributed by atoms with Crippen LogP contribution in [0, 0.1) is 5.92 Å². The molecule has 126 valence electrons. The first-order valence-electron chi connectivity index (χ1n) is 8.29. The van der Waals surface area contributed by atoms with E-state index in [2.05, 4.69) is 13.8 Å². The van der Waals surface area contributed by atoms with Crippen molar-refractivity contribution in [2.75, 3.05) is 52.9 Å². The third-order valence-corrected chi connectivity index (χ3v) is 3.51. The fourth-order valence-corrected chi connectivity index (χ4v) is 1.92. The van der Waals surface area contributed by atoms with Crippen LogP contribution in [0.5, 0.6) is 0 Å². The molecule has 21 heavy (non-hydrogen) atoms. The largest absolute Gasteiger partial charge is 0.379 e. The van der Waals surface area contributed by atoms with Gasteiger partial charge in [-0.3, -0.25) is 0 Å². The molecule has 0 amide bonds. The van der Waals surface area contributed by atoms with Crippen molar-refractivity contribution < 1.29 is 23.7 Å². The highest BCUT2D eigenvalue weighted by molar-refractivity contribution is 4.53. The third-order valence-electron chi connectivity index (χ3n) is 3.51. The van der Waals surface area contributed by atoms with Crippen LogP contribution in [0.2, 0.25) is 0 Å². The Kier molecular flexibility index (Phi) is 12.1. The zero-order chi connectivity index (χ0) is 15.2. The molecular weight excluding hydrogens is 272 g/mol. The molecule has 1 aliphatic heterocycles. The van der Waals surface area contributed by atoms with Crippen molar-refractivity contribution in [2.45, 2.75) is 45.8 Å². The summed E-state index contributed by atoms with van der Waals surface area (Å²) >= 11 is 0. The first-order chi connectivity index (χ1) is 10.3. The summed E-state index contributed by atoms with van der Waals surface area (Å²) in [5, 5.41) is 0. The van der Waals surface area contributed by atoms with Crippen molar-refractivity contribution in [1.29, 1.82) is 0 Å². The topological polar surface area (TPSA) is 46.2 Å². The second kappa shape index (κ2) is 13.5. The van der Waals surface area contributed by atoms with Gasteiger partial charge in [0.2, 0.25) is 0 Å². The van der Waals surface area contributed by atoms with E-state index < -0.39 is 0 Å². The minimum Gasteiger partial charge on any atom is -0.379 e. The predicted octanol–water partition coefficient (Wildman–Crippen LogP) is 2.63. The first kappa shape index (κ1) is 18.8. The summed E-state index contributed by atoms with van der Waals surface area (Å²) in [5.74, 6) is 0.626. The smallest absolute Gasteiger partial charge is 0.157 e. The van der Waals surface area contributed by atoms with Crippen LogP contribution >= 0.6 is 0 Å². The summed E-state index contributed by atoms with van der Waals surface area (Å²) in [7, 11) is 0. The first-order valence-corrected chi connectivity index (χ1v) is 8.29. The van der Waals surface area contributed by atoms with Crippen molar-refractivity contribution in [1.82, 2.24) is 0 Å². The molecule has 0 N–H and O–H groups in total. The molecule has 2 unspecified atom stereocenters. The average Bonchev–Trinajstić information content (AvgIpc) is 2.53. The van der Waals surface area contributed by atoms with Crippen molar-refractivity contribution in [2.24, 2.45) is 5.92 Å². The highest BCUT2D eigenvalue weighted by Gasteiger charge is 2.13. The lowest BCUT2D eigenvalue weighted by Crippen LogP contribution is -2.24. The molecule has 0 aromatic rings. The number of ether oxygens (including phenoxy) is 5. The van der Waals surface area contributed by atoms with Gasteiger partial charge in [-0.15, -0.1) is 0 Å². The van der Waals surface area contributed by atoms with E-state index in [4.69, 9.17) is 23.7 Å². The van der Waals surface area contributed by atoms with Crippen molar-refractivity contribution in [3.8, 4) is 0 Å². The van der Waals surface area contributed by atoms with Gasteiger partial charge in [0.25, 0.3) is 0 Å². The quantitative estimate of drug-likeness (QED) is 0.490. The molecule has 0 saturated carbocycles. The van der Waals surface area contributed by atoms with Gasteiger partial charge in [-0.1, -0.05) is 20.3 Å². The van der Waals surface area contributed by atoms with E-state index in [1.165, 1.54) is 6.42 Å². The van der Waals surface area contributed by atoms with Crippen molar-refractivity contribution >= 4 is 0 Å². The molecule has 2 atom stereocenters. The summed E-state index contributed by atoms with van der Waals surface area (Å²) in [4.78, 5) is 0. The third kappa shape index (κ3) is 11.1. The zero-order valence-corrected chi connectivity index (χ0v) is 13.7. The van der Waals surface area contributed by atoms with Gasteiger partial charge in [0.1, 0.15) is 0 Å². The van der Waals surface area contributed by atoms with Crippen LogP contribution in [0.15, 0.2) is 0 Å². The van der Waals surface area contributed by atoms with E-state index in [1.807, 2.05) is 0 Å². The van der Waals surface area contributed by atoms with Gasteiger partial charge < -0.3 is 23.7 Å². The zero-order valence-electron chi connectivity index (χ0n) is 13.7. The van der Waals surface area contributed by atoms with Gasteiger partial charge >= 0.3 is 0 Å². The summed E-state index contributed by atoms with van der Waals surface area (Å²) in [6.45, 7) is 9.67. The highest BCUT2D eigenvalue weighted by atomic mass is 16.7. The molecule has 1 rings (SSSR count). The average molecular weight is 304 g/mol. The molecular formula is C16H32O5. The number of rotatable bonds is 13. The van der Waals surface area contributed by atoms with Crippen LogP contribution in [0.3, 0.4) is 0 Å². The van der Waals surface area contributed by atoms with E-state index in [-0.39, 0.29) is 6.29 Å². The molecule has 1 heterocycles. The molecule has 0 radical (unpaired) electrons. The Hall–Kier alpha value is -0.200. The molecule has 0 spiro atoms. The van der Waals surface area contributed by atoms with Gasteiger partial charge in [-0.05, 0) is 25.2 Å². The Morgan fingerprint density at radius 3 is 2.24 bits per heavy atom. The Morgan fingerprint density at radius 2 is 1.62 bits per heavy atom. The molecule has 0 bridgehead atoms. The maximum Gasteiger partial charge on any atom is 0.157 e. The molecule has 0 aliphatic carbocycles. The summed E-state index contributed by atoms with van der Waals surface area (Å²) < 4.78 is 27.4. The number of hydrogen-bond donors (Lipinski definition) is 0. The Balaban J connectivity index is 1.72. The van der Waals surface area contributed by atoms with Crippen LogP contribution in [0.25, 0.3) is 0 Å². The normalized spacial score (nSPS) is 20.6. The predicted molar refractivity (Wildman–Crippen MR) is 81.5 cm³/mol. The fourth-order valence-electron chi connectivity index (χ4n) is 1.92. The highest BCUT2D eigenvalue weighted by Crippen LogP contribution is 2.13. The second-order valence-electron chi connectivity index (χ2n) is 5.48. The van der Waals surface area contributed by atoms with E-state index in [9.17, 15) is 0 Å². The maximum absolute atomic E-state index is 5.57. The minimum absolute atomic E-state index is 0.0266. The van der Waals surface area contributed by atoms with Crippen LogP contribution in [-0.2, 0) is 23.7 Å². The number of hydrogen-bond acceptors (Lipinski definition) is 5. The Bertz CT molecular complexity index is 219. The van der Waals surface area contributed by atoms with E-state index >= 15 is 0 Å². The van der Waals surface area contributed by atoms with Gasteiger partial charge in [0, 0.05) is 13.2 Å². The summed E-state index contributed by atoms with van der Waals surface area (Å²) in [5.41, 5.74) is 0. The monoisotopic (exact) mass is 304 g/mol. The minimum atomic E-state index is -0.0266. The van der Waals surface area contributed by atoms with Gasteiger partial charge in [-0.2, -0.15) is 0 Å². The van der Waals surface area contributed by atoms with Crippen molar-refractivity contribution in [3.05, 3.63) is 0 Å². The molecule has 0 aromatic heterocycles. The molecule has 5 nitrogen and oxygen atoms in total. The standard InChI is InChI=1S/C16H32O5/c1-3-15(2)14-19-11-10-17-8-9-18-12-13-21-16-6-4-5-7-20-16/h15-16H,3-14H2,1-2H3. The van der Waals surface area contributed by atoms with Crippen LogP contribution in [0.1, 0.15) is 39.5 Å². The van der Waals surface area contributed by atoms with Gasteiger partial charge in [0.05, 0.1) is 39.6 Å². The lowest BCUT2D eigenvalue weighted by Gasteiger charge is -2.22. The Labute approximate surface area is 129 Å². The van der Waals surface area contributed by atoms with E-state index in [0.717, 1.165) is 32.5 Å². The van der Waals surface area contributed by atoms with Crippen LogP contribution in [0.4, 0.5) is 0 Å². The summed E-state index contributed by atoms with van der Waals surface area (Å²) in [6.07, 6.45) is 4.47.